The van der Waals surface area contributed by atoms with Crippen molar-refractivity contribution in [1.29, 1.82) is 0 Å². The molecule has 0 bridgehead atoms. The van der Waals surface area contributed by atoms with Crippen molar-refractivity contribution < 1.29 is 9.59 Å². The van der Waals surface area contributed by atoms with Crippen molar-refractivity contribution >= 4 is 17.5 Å². The van der Waals surface area contributed by atoms with Crippen LogP contribution in [0.25, 0.3) is 0 Å². The molecule has 3 rings (SSSR count). The molecule has 5 nitrogen and oxygen atoms in total. The number of carbonyl (C=O) groups is 2. The smallest absolute Gasteiger partial charge is 0.227 e. The summed E-state index contributed by atoms with van der Waals surface area (Å²) in [4.78, 5) is 25.8. The molecule has 1 atom stereocenters. The van der Waals surface area contributed by atoms with Crippen molar-refractivity contribution in [2.45, 2.75) is 31.8 Å². The Labute approximate surface area is 147 Å². The van der Waals surface area contributed by atoms with Crippen LogP contribution in [0.2, 0.25) is 0 Å². The van der Waals surface area contributed by atoms with Gasteiger partial charge in [-0.1, -0.05) is 42.5 Å². The van der Waals surface area contributed by atoms with E-state index in [1.807, 2.05) is 54.6 Å². The lowest BCUT2D eigenvalue weighted by atomic mass is 10.0. The van der Waals surface area contributed by atoms with Crippen LogP contribution in [-0.2, 0) is 16.1 Å². The summed E-state index contributed by atoms with van der Waals surface area (Å²) in [6.45, 7) is 1.19. The SMILES string of the molecule is NC(CC(=O)NCc1cccc(N2CCCC2=O)c1)c1ccccc1. The predicted molar refractivity (Wildman–Crippen MR) is 97.9 cm³/mol. The third-order valence-corrected chi connectivity index (χ3v) is 4.42. The minimum Gasteiger partial charge on any atom is -0.352 e. The van der Waals surface area contributed by atoms with Crippen LogP contribution in [0.5, 0.6) is 0 Å². The second-order valence-electron chi connectivity index (χ2n) is 6.32. The molecular weight excluding hydrogens is 314 g/mol. The molecule has 2 aromatic carbocycles. The zero-order valence-corrected chi connectivity index (χ0v) is 14.2. The molecule has 5 heteroatoms. The van der Waals surface area contributed by atoms with E-state index >= 15 is 0 Å². The summed E-state index contributed by atoms with van der Waals surface area (Å²) in [6.07, 6.45) is 1.75. The normalized spacial score (nSPS) is 15.2. The average Bonchev–Trinajstić information content (AvgIpc) is 3.07. The van der Waals surface area contributed by atoms with E-state index < -0.39 is 0 Å². The number of nitrogens with two attached hydrogens (primary N) is 1. The molecule has 1 heterocycles. The van der Waals surface area contributed by atoms with Gasteiger partial charge in [-0.15, -0.1) is 0 Å². The van der Waals surface area contributed by atoms with Crippen molar-refractivity contribution in [2.75, 3.05) is 11.4 Å². The van der Waals surface area contributed by atoms with E-state index in [-0.39, 0.29) is 24.3 Å². The van der Waals surface area contributed by atoms with E-state index in [0.717, 1.165) is 29.8 Å². The van der Waals surface area contributed by atoms with Gasteiger partial charge in [0.1, 0.15) is 0 Å². The van der Waals surface area contributed by atoms with Crippen LogP contribution in [0.1, 0.15) is 36.4 Å². The molecule has 130 valence electrons. The van der Waals surface area contributed by atoms with Gasteiger partial charge in [0.05, 0.1) is 0 Å². The molecule has 1 aliphatic heterocycles. The molecule has 0 spiro atoms. The Bertz CT molecular complexity index is 746. The van der Waals surface area contributed by atoms with Crippen LogP contribution in [0, 0.1) is 0 Å². The molecule has 1 aliphatic rings. The summed E-state index contributed by atoms with van der Waals surface area (Å²) in [5, 5.41) is 2.91. The quantitative estimate of drug-likeness (QED) is 0.850. The molecule has 3 N–H and O–H groups in total. The number of benzene rings is 2. The Hall–Kier alpha value is -2.66. The molecule has 2 amide bonds. The molecule has 0 radical (unpaired) electrons. The molecule has 1 saturated heterocycles. The van der Waals surface area contributed by atoms with E-state index in [2.05, 4.69) is 5.32 Å². The van der Waals surface area contributed by atoms with Crippen molar-refractivity contribution in [3.63, 3.8) is 0 Å². The number of hydrogen-bond acceptors (Lipinski definition) is 3. The maximum atomic E-state index is 12.1. The van der Waals surface area contributed by atoms with Gasteiger partial charge in [-0.2, -0.15) is 0 Å². The van der Waals surface area contributed by atoms with Crippen LogP contribution in [0.3, 0.4) is 0 Å². The van der Waals surface area contributed by atoms with Crippen LogP contribution in [0.4, 0.5) is 5.69 Å². The average molecular weight is 337 g/mol. The zero-order valence-electron chi connectivity index (χ0n) is 14.2. The van der Waals surface area contributed by atoms with Crippen molar-refractivity contribution in [1.82, 2.24) is 5.32 Å². The fourth-order valence-electron chi connectivity index (χ4n) is 3.05. The number of hydrogen-bond donors (Lipinski definition) is 2. The van der Waals surface area contributed by atoms with Gasteiger partial charge in [0.15, 0.2) is 0 Å². The number of anilines is 1. The van der Waals surface area contributed by atoms with Gasteiger partial charge in [-0.25, -0.2) is 0 Å². The first-order chi connectivity index (χ1) is 12.1. The van der Waals surface area contributed by atoms with E-state index in [1.165, 1.54) is 0 Å². The van der Waals surface area contributed by atoms with Gasteiger partial charge >= 0.3 is 0 Å². The summed E-state index contributed by atoms with van der Waals surface area (Å²) in [5.74, 6) is 0.0778. The first-order valence-corrected chi connectivity index (χ1v) is 8.60. The number of carbonyl (C=O) groups excluding carboxylic acids is 2. The lowest BCUT2D eigenvalue weighted by molar-refractivity contribution is -0.121. The Morgan fingerprint density at radius 3 is 2.68 bits per heavy atom. The largest absolute Gasteiger partial charge is 0.352 e. The third-order valence-electron chi connectivity index (χ3n) is 4.42. The highest BCUT2D eigenvalue weighted by molar-refractivity contribution is 5.95. The maximum absolute atomic E-state index is 12.1. The number of rotatable bonds is 6. The summed E-state index contributed by atoms with van der Waals surface area (Å²) >= 11 is 0. The van der Waals surface area contributed by atoms with Gasteiger partial charge in [-0.3, -0.25) is 9.59 Å². The van der Waals surface area contributed by atoms with Crippen LogP contribution in [-0.4, -0.2) is 18.4 Å². The molecule has 1 fully saturated rings. The highest BCUT2D eigenvalue weighted by Gasteiger charge is 2.21. The van der Waals surface area contributed by atoms with Crippen LogP contribution in [0.15, 0.2) is 54.6 Å². The van der Waals surface area contributed by atoms with Gasteiger partial charge < -0.3 is 16.0 Å². The first kappa shape index (κ1) is 17.2. The molecular formula is C20H23N3O2. The van der Waals surface area contributed by atoms with Gasteiger partial charge in [0.25, 0.3) is 0 Å². The Morgan fingerprint density at radius 1 is 1.16 bits per heavy atom. The van der Waals surface area contributed by atoms with Crippen molar-refractivity contribution in [3.05, 3.63) is 65.7 Å². The topological polar surface area (TPSA) is 75.4 Å². The first-order valence-electron chi connectivity index (χ1n) is 8.60. The number of nitrogens with zero attached hydrogens (tertiary/aromatic N) is 1. The Kier molecular flexibility index (Phi) is 5.46. The minimum absolute atomic E-state index is 0.0843. The van der Waals surface area contributed by atoms with Crippen molar-refractivity contribution in [2.24, 2.45) is 5.73 Å². The summed E-state index contributed by atoms with van der Waals surface area (Å²) in [6, 6.07) is 17.0. The zero-order chi connectivity index (χ0) is 17.6. The molecule has 25 heavy (non-hydrogen) atoms. The minimum atomic E-state index is -0.310. The highest BCUT2D eigenvalue weighted by atomic mass is 16.2. The second kappa shape index (κ2) is 7.94. The molecule has 0 aromatic heterocycles. The monoisotopic (exact) mass is 337 g/mol. The summed E-state index contributed by atoms with van der Waals surface area (Å²) < 4.78 is 0. The van der Waals surface area contributed by atoms with Crippen LogP contribution < -0.4 is 16.0 Å². The fourth-order valence-corrected chi connectivity index (χ4v) is 3.05. The lowest BCUT2D eigenvalue weighted by Crippen LogP contribution is -2.27. The lowest BCUT2D eigenvalue weighted by Gasteiger charge is -2.17. The van der Waals surface area contributed by atoms with Gasteiger partial charge in [0.2, 0.25) is 11.8 Å². The predicted octanol–water partition coefficient (Wildman–Crippen LogP) is 2.52. The standard InChI is InChI=1S/C20H23N3O2/c21-18(16-7-2-1-3-8-16)13-19(24)22-14-15-6-4-9-17(12-15)23-11-5-10-20(23)25/h1-4,6-9,12,18H,5,10-11,13-14,21H2,(H,22,24). The number of amides is 2. The fraction of sp³-hybridized carbons (Fsp3) is 0.300. The van der Waals surface area contributed by atoms with Gasteiger partial charge in [-0.05, 0) is 29.7 Å². The maximum Gasteiger partial charge on any atom is 0.227 e. The third kappa shape index (κ3) is 4.45. The molecule has 0 saturated carbocycles. The van der Waals surface area contributed by atoms with E-state index in [0.29, 0.717) is 13.0 Å². The van der Waals surface area contributed by atoms with Crippen molar-refractivity contribution in [3.8, 4) is 0 Å². The highest BCUT2D eigenvalue weighted by Crippen LogP contribution is 2.22. The van der Waals surface area contributed by atoms with E-state index in [9.17, 15) is 9.59 Å². The molecule has 1 unspecified atom stereocenters. The van der Waals surface area contributed by atoms with Gasteiger partial charge in [0, 0.05) is 37.7 Å². The Balaban J connectivity index is 1.54. The molecule has 2 aromatic rings. The van der Waals surface area contributed by atoms with E-state index in [1.54, 1.807) is 4.90 Å². The van der Waals surface area contributed by atoms with Crippen LogP contribution >= 0.6 is 0 Å². The number of nitrogens with one attached hydrogen (secondary N) is 1. The second-order valence-corrected chi connectivity index (χ2v) is 6.32. The molecule has 0 aliphatic carbocycles. The summed E-state index contributed by atoms with van der Waals surface area (Å²) in [5.41, 5.74) is 8.90. The van der Waals surface area contributed by atoms with E-state index in [4.69, 9.17) is 5.73 Å². The summed E-state index contributed by atoms with van der Waals surface area (Å²) in [7, 11) is 0. The Morgan fingerprint density at radius 2 is 1.96 bits per heavy atom.